The molecule has 2 aromatic carbocycles. The zero-order valence-corrected chi connectivity index (χ0v) is 18.0. The van der Waals surface area contributed by atoms with Crippen LogP contribution in [0.2, 0.25) is 10.0 Å². The van der Waals surface area contributed by atoms with Gasteiger partial charge in [-0.3, -0.25) is 9.69 Å². The summed E-state index contributed by atoms with van der Waals surface area (Å²) < 4.78 is 10.8. The van der Waals surface area contributed by atoms with Crippen molar-refractivity contribution in [3.8, 4) is 11.5 Å². The van der Waals surface area contributed by atoms with E-state index in [0.29, 0.717) is 21.2 Å². The molecule has 2 aromatic rings. The van der Waals surface area contributed by atoms with Gasteiger partial charge in [0, 0.05) is 15.6 Å². The summed E-state index contributed by atoms with van der Waals surface area (Å²) in [5.74, 6) is -1.32. The highest BCUT2D eigenvalue weighted by Gasteiger charge is 2.34. The number of amides is 3. The normalized spacial score (nSPS) is 15.7. The van der Waals surface area contributed by atoms with Gasteiger partial charge in [-0.1, -0.05) is 41.4 Å². The molecule has 8 nitrogen and oxygen atoms in total. The van der Waals surface area contributed by atoms with Crippen molar-refractivity contribution in [2.75, 3.05) is 7.11 Å². The molecular weight excluding hydrogens is 447 g/mol. The van der Waals surface area contributed by atoms with Gasteiger partial charge in [0.2, 0.25) is 0 Å². The van der Waals surface area contributed by atoms with E-state index >= 15 is 0 Å². The molecule has 0 bridgehead atoms. The molecule has 0 spiro atoms. The fourth-order valence-corrected chi connectivity index (χ4v) is 3.32. The van der Waals surface area contributed by atoms with E-state index in [1.807, 2.05) is 0 Å². The molecule has 0 unspecified atom stereocenters. The second-order valence-electron chi connectivity index (χ2n) is 6.59. The number of nitrogens with zero attached hydrogens (tertiary/aromatic N) is 1. The second-order valence-corrected chi connectivity index (χ2v) is 7.44. The summed E-state index contributed by atoms with van der Waals surface area (Å²) in [4.78, 5) is 37.4. The van der Waals surface area contributed by atoms with Gasteiger partial charge in [0.15, 0.2) is 17.6 Å². The lowest BCUT2D eigenvalue weighted by Gasteiger charge is -2.16. The van der Waals surface area contributed by atoms with E-state index in [1.165, 1.54) is 26.2 Å². The van der Waals surface area contributed by atoms with E-state index < -0.39 is 24.0 Å². The Balaban J connectivity index is 1.91. The number of imide groups is 1. The number of nitrogens with one attached hydrogen (secondary N) is 1. The molecule has 162 valence electrons. The third-order valence-corrected chi connectivity index (χ3v) is 5.06. The fraction of sp³-hybridized carbons (Fsp3) is 0.190. The average Bonchev–Trinajstić information content (AvgIpc) is 2.98. The van der Waals surface area contributed by atoms with Crippen LogP contribution in [0.1, 0.15) is 18.1 Å². The Hall–Kier alpha value is -3.23. The predicted octanol–water partition coefficient (Wildman–Crippen LogP) is 3.95. The molecule has 1 saturated heterocycles. The molecule has 0 aliphatic carbocycles. The van der Waals surface area contributed by atoms with Crippen LogP contribution in [0.3, 0.4) is 0 Å². The number of hydrogen-bond donors (Lipinski definition) is 2. The number of rotatable bonds is 7. The van der Waals surface area contributed by atoms with E-state index in [0.717, 1.165) is 4.90 Å². The van der Waals surface area contributed by atoms with E-state index in [9.17, 15) is 14.4 Å². The van der Waals surface area contributed by atoms with Crippen LogP contribution < -0.4 is 14.8 Å². The van der Waals surface area contributed by atoms with Gasteiger partial charge >= 0.3 is 12.0 Å². The first-order valence-electron chi connectivity index (χ1n) is 9.06. The number of halogens is 2. The van der Waals surface area contributed by atoms with Crippen LogP contribution in [0.5, 0.6) is 11.5 Å². The number of carbonyl (C=O) groups excluding carboxylic acids is 2. The molecule has 0 radical (unpaired) electrons. The Morgan fingerprint density at radius 2 is 2.00 bits per heavy atom. The number of para-hydroxylation sites is 1. The molecule has 1 fully saturated rings. The number of aliphatic carboxylic acids is 1. The van der Waals surface area contributed by atoms with Crippen molar-refractivity contribution in [1.29, 1.82) is 0 Å². The number of carboxylic acid groups (broad SMARTS) is 1. The number of benzene rings is 2. The maximum atomic E-state index is 12.8. The van der Waals surface area contributed by atoms with Crippen LogP contribution in [0.4, 0.5) is 4.79 Å². The summed E-state index contributed by atoms with van der Waals surface area (Å²) >= 11 is 12.0. The number of carbonyl (C=O) groups is 3. The molecule has 3 amide bonds. The number of methoxy groups -OCH3 is 1. The van der Waals surface area contributed by atoms with Gasteiger partial charge in [0.25, 0.3) is 5.91 Å². The van der Waals surface area contributed by atoms with Crippen LogP contribution >= 0.6 is 23.2 Å². The summed E-state index contributed by atoms with van der Waals surface area (Å²) in [6, 6.07) is 9.00. The Kier molecular flexibility index (Phi) is 6.72. The molecule has 0 aromatic heterocycles. The highest BCUT2D eigenvalue weighted by molar-refractivity contribution is 6.35. The highest BCUT2D eigenvalue weighted by atomic mass is 35.5. The van der Waals surface area contributed by atoms with E-state index in [2.05, 4.69) is 5.32 Å². The number of ether oxygens (including phenoxy) is 2. The number of carboxylic acids is 1. The van der Waals surface area contributed by atoms with Crippen LogP contribution in [-0.4, -0.2) is 41.1 Å². The van der Waals surface area contributed by atoms with E-state index in [1.54, 1.807) is 30.3 Å². The maximum Gasteiger partial charge on any atom is 0.344 e. The highest BCUT2D eigenvalue weighted by Crippen LogP contribution is 2.34. The maximum absolute atomic E-state index is 12.8. The number of urea groups is 1. The Labute approximate surface area is 187 Å². The van der Waals surface area contributed by atoms with E-state index in [4.69, 9.17) is 37.8 Å². The summed E-state index contributed by atoms with van der Waals surface area (Å²) in [6.07, 6.45) is 0.238. The van der Waals surface area contributed by atoms with Crippen LogP contribution in [0.25, 0.3) is 6.08 Å². The molecule has 1 aliphatic heterocycles. The molecular formula is C21H18Cl2N2O6. The molecule has 3 rings (SSSR count). The molecule has 10 heteroatoms. The number of hydrogen-bond acceptors (Lipinski definition) is 5. The Bertz CT molecular complexity index is 1090. The molecule has 31 heavy (non-hydrogen) atoms. The van der Waals surface area contributed by atoms with Crippen molar-refractivity contribution in [3.05, 3.63) is 63.3 Å². The van der Waals surface area contributed by atoms with Crippen LogP contribution in [0, 0.1) is 0 Å². The first-order chi connectivity index (χ1) is 14.7. The molecule has 1 heterocycles. The molecule has 2 N–H and O–H groups in total. The first kappa shape index (κ1) is 22.5. The van der Waals surface area contributed by atoms with Crippen molar-refractivity contribution in [1.82, 2.24) is 10.2 Å². The summed E-state index contributed by atoms with van der Waals surface area (Å²) in [5, 5.41) is 12.4. The van der Waals surface area contributed by atoms with Gasteiger partial charge in [-0.15, -0.1) is 0 Å². The smallest absolute Gasteiger partial charge is 0.344 e. The molecule has 1 atom stereocenters. The minimum absolute atomic E-state index is 0.00355. The van der Waals surface area contributed by atoms with Gasteiger partial charge in [-0.05, 0) is 36.8 Å². The minimum atomic E-state index is -1.17. The van der Waals surface area contributed by atoms with Gasteiger partial charge in [0.1, 0.15) is 5.70 Å². The lowest BCUT2D eigenvalue weighted by atomic mass is 10.1. The lowest BCUT2D eigenvalue weighted by molar-refractivity contribution is -0.144. The summed E-state index contributed by atoms with van der Waals surface area (Å²) in [6.45, 7) is 1.32. The third kappa shape index (κ3) is 4.92. The van der Waals surface area contributed by atoms with E-state index in [-0.39, 0.29) is 23.7 Å². The van der Waals surface area contributed by atoms with Gasteiger partial charge in [-0.25, -0.2) is 9.59 Å². The molecule has 0 saturated carbocycles. The Morgan fingerprint density at radius 3 is 2.65 bits per heavy atom. The van der Waals surface area contributed by atoms with Crippen LogP contribution in [-0.2, 0) is 16.1 Å². The van der Waals surface area contributed by atoms with Crippen molar-refractivity contribution >= 4 is 47.2 Å². The lowest BCUT2D eigenvalue weighted by Crippen LogP contribution is -2.30. The standard InChI is InChI=1S/C21H18Cl2N2O6/c1-11(20(27)28)31-18-12(4-3-5-17(18)30-2)8-16-19(26)25(21(29)24-16)10-13-6-7-14(22)9-15(13)23/h3-9,11H,10H2,1-2H3,(H,24,29)(H,27,28)/b16-8-/t11-/m0/s1. The van der Waals surface area contributed by atoms with Crippen molar-refractivity contribution < 1.29 is 29.0 Å². The predicted molar refractivity (Wildman–Crippen MR) is 114 cm³/mol. The second kappa shape index (κ2) is 9.28. The monoisotopic (exact) mass is 464 g/mol. The first-order valence-corrected chi connectivity index (χ1v) is 9.81. The fourth-order valence-electron chi connectivity index (χ4n) is 2.85. The SMILES string of the molecule is COc1cccc(/C=C2\NC(=O)N(Cc3ccc(Cl)cc3Cl)C2=O)c1O[C@@H](C)C(=O)O. The third-order valence-electron chi connectivity index (χ3n) is 4.48. The average molecular weight is 465 g/mol. The van der Waals surface area contributed by atoms with Crippen LogP contribution in [0.15, 0.2) is 42.1 Å². The zero-order chi connectivity index (χ0) is 22.7. The van der Waals surface area contributed by atoms with Crippen molar-refractivity contribution in [2.24, 2.45) is 0 Å². The summed E-state index contributed by atoms with van der Waals surface area (Å²) in [7, 11) is 1.41. The quantitative estimate of drug-likeness (QED) is 0.474. The Morgan fingerprint density at radius 1 is 1.26 bits per heavy atom. The minimum Gasteiger partial charge on any atom is -0.493 e. The van der Waals surface area contributed by atoms with Crippen molar-refractivity contribution in [3.63, 3.8) is 0 Å². The van der Waals surface area contributed by atoms with Crippen molar-refractivity contribution in [2.45, 2.75) is 19.6 Å². The van der Waals surface area contributed by atoms with Gasteiger partial charge < -0.3 is 19.9 Å². The zero-order valence-electron chi connectivity index (χ0n) is 16.5. The largest absolute Gasteiger partial charge is 0.493 e. The summed E-state index contributed by atoms with van der Waals surface area (Å²) in [5.41, 5.74) is 0.912. The van der Waals surface area contributed by atoms with Gasteiger partial charge in [0.05, 0.1) is 13.7 Å². The molecule has 1 aliphatic rings. The topological polar surface area (TPSA) is 105 Å². The van der Waals surface area contributed by atoms with Gasteiger partial charge in [-0.2, -0.15) is 0 Å².